The summed E-state index contributed by atoms with van der Waals surface area (Å²) in [4.78, 5) is 0. The van der Waals surface area contributed by atoms with E-state index in [0.29, 0.717) is 11.8 Å². The molecule has 2 fully saturated rings. The molecule has 0 aromatic heterocycles. The van der Waals surface area contributed by atoms with Gasteiger partial charge in [0.1, 0.15) is 0 Å². The fourth-order valence-corrected chi connectivity index (χ4v) is 6.50. The maximum atomic E-state index is 9.56. The van der Waals surface area contributed by atoms with Crippen LogP contribution in [0.3, 0.4) is 0 Å². The number of hydrogen-bond donors (Lipinski definition) is 2. The topological polar surface area (TPSA) is 46.2 Å². The number of benzene rings is 1. The summed E-state index contributed by atoms with van der Waals surface area (Å²) >= 11 is 2.13. The molecule has 0 aliphatic heterocycles. The number of hydrogen-bond acceptors (Lipinski definition) is 3. The standard InChI is InChI=1S/C25H35NOS/c26-25(18-27)12-10-24(16-25)23-9-8-21-14-20(6-7-22(21)15-23)17-28-13-11-19-4-2-1-3-5-19/h1-5,8,15,20,23-24,27H,6-7,9-14,16-18,26H2/t20-,23?,24+,25-/m1/s1. The van der Waals surface area contributed by atoms with E-state index in [1.807, 2.05) is 0 Å². The monoisotopic (exact) mass is 397 g/mol. The van der Waals surface area contributed by atoms with Crippen LogP contribution in [0.1, 0.15) is 50.5 Å². The Morgan fingerprint density at radius 2 is 2.00 bits per heavy atom. The lowest BCUT2D eigenvalue weighted by molar-refractivity contribution is 0.192. The van der Waals surface area contributed by atoms with Crippen LogP contribution in [0.2, 0.25) is 0 Å². The van der Waals surface area contributed by atoms with Gasteiger partial charge in [0, 0.05) is 5.54 Å². The van der Waals surface area contributed by atoms with Crippen molar-refractivity contribution in [2.24, 2.45) is 23.5 Å². The number of thioether (sulfide) groups is 1. The Morgan fingerprint density at radius 3 is 2.79 bits per heavy atom. The van der Waals surface area contributed by atoms with Gasteiger partial charge in [-0.1, -0.05) is 42.5 Å². The lowest BCUT2D eigenvalue weighted by atomic mass is 9.74. The highest BCUT2D eigenvalue weighted by molar-refractivity contribution is 7.99. The van der Waals surface area contributed by atoms with E-state index < -0.39 is 0 Å². The summed E-state index contributed by atoms with van der Waals surface area (Å²) in [6, 6.07) is 10.8. The zero-order valence-electron chi connectivity index (χ0n) is 17.0. The number of rotatable bonds is 7. The van der Waals surface area contributed by atoms with Gasteiger partial charge in [-0.05, 0) is 97.3 Å². The quantitative estimate of drug-likeness (QED) is 0.627. The third kappa shape index (κ3) is 4.93. The van der Waals surface area contributed by atoms with Gasteiger partial charge in [0.15, 0.2) is 0 Å². The molecule has 152 valence electrons. The molecule has 1 aromatic rings. The van der Waals surface area contributed by atoms with Gasteiger partial charge in [-0.25, -0.2) is 0 Å². The fourth-order valence-electron chi connectivity index (χ4n) is 5.34. The second-order valence-electron chi connectivity index (χ2n) is 9.26. The predicted molar refractivity (Wildman–Crippen MR) is 120 cm³/mol. The van der Waals surface area contributed by atoms with Crippen molar-refractivity contribution < 1.29 is 5.11 Å². The van der Waals surface area contributed by atoms with Crippen molar-refractivity contribution in [3.63, 3.8) is 0 Å². The third-order valence-corrected chi connectivity index (χ3v) is 8.33. The first-order valence-corrected chi connectivity index (χ1v) is 12.2. The van der Waals surface area contributed by atoms with E-state index in [1.165, 1.54) is 55.6 Å². The van der Waals surface area contributed by atoms with Gasteiger partial charge < -0.3 is 10.8 Å². The van der Waals surface area contributed by atoms with Gasteiger partial charge in [-0.2, -0.15) is 11.8 Å². The molecule has 3 aliphatic carbocycles. The highest BCUT2D eigenvalue weighted by atomic mass is 32.2. The molecule has 0 bridgehead atoms. The summed E-state index contributed by atoms with van der Waals surface area (Å²) in [5.74, 6) is 4.69. The van der Waals surface area contributed by atoms with Crippen LogP contribution in [0.4, 0.5) is 0 Å². The molecular formula is C25H35NOS. The lowest BCUT2D eigenvalue weighted by Gasteiger charge is -2.33. The van der Waals surface area contributed by atoms with Crippen molar-refractivity contribution in [1.82, 2.24) is 0 Å². The van der Waals surface area contributed by atoms with E-state index in [-0.39, 0.29) is 12.1 Å². The van der Waals surface area contributed by atoms with Gasteiger partial charge in [0.2, 0.25) is 0 Å². The molecule has 0 spiro atoms. The summed E-state index contributed by atoms with van der Waals surface area (Å²) in [5, 5.41) is 9.56. The van der Waals surface area contributed by atoms with E-state index in [1.54, 1.807) is 11.1 Å². The predicted octanol–water partition coefficient (Wildman–Crippen LogP) is 5.13. The summed E-state index contributed by atoms with van der Waals surface area (Å²) in [7, 11) is 0. The van der Waals surface area contributed by atoms with Crippen LogP contribution in [-0.4, -0.2) is 28.8 Å². The smallest absolute Gasteiger partial charge is 0.0611 e. The van der Waals surface area contributed by atoms with Crippen molar-refractivity contribution >= 4 is 11.8 Å². The third-order valence-electron chi connectivity index (χ3n) is 7.13. The Morgan fingerprint density at radius 1 is 1.14 bits per heavy atom. The second-order valence-corrected chi connectivity index (χ2v) is 10.4. The first kappa shape index (κ1) is 20.3. The van der Waals surface area contributed by atoms with Crippen molar-refractivity contribution in [2.75, 3.05) is 18.1 Å². The minimum atomic E-state index is -0.318. The zero-order valence-corrected chi connectivity index (χ0v) is 17.8. The van der Waals surface area contributed by atoms with Crippen LogP contribution in [0.25, 0.3) is 0 Å². The Labute approximate surface area is 174 Å². The van der Waals surface area contributed by atoms with Crippen LogP contribution < -0.4 is 5.73 Å². The van der Waals surface area contributed by atoms with Crippen molar-refractivity contribution in [3.05, 3.63) is 59.2 Å². The average Bonchev–Trinajstić information content (AvgIpc) is 3.14. The minimum Gasteiger partial charge on any atom is -0.394 e. The summed E-state index contributed by atoms with van der Waals surface area (Å²) in [6.07, 6.45) is 14.5. The number of aliphatic hydroxyl groups excluding tert-OH is 1. The van der Waals surface area contributed by atoms with Crippen LogP contribution in [-0.2, 0) is 6.42 Å². The van der Waals surface area contributed by atoms with Crippen LogP contribution in [0, 0.1) is 17.8 Å². The van der Waals surface area contributed by atoms with Crippen LogP contribution in [0.15, 0.2) is 53.6 Å². The molecule has 3 N–H and O–H groups in total. The van der Waals surface area contributed by atoms with Crippen LogP contribution >= 0.6 is 11.8 Å². The van der Waals surface area contributed by atoms with Gasteiger partial charge in [-0.15, -0.1) is 0 Å². The van der Waals surface area contributed by atoms with E-state index in [2.05, 4.69) is 54.2 Å². The fraction of sp³-hybridized carbons (Fsp3) is 0.600. The molecule has 2 saturated carbocycles. The van der Waals surface area contributed by atoms with Gasteiger partial charge in [0.25, 0.3) is 0 Å². The minimum absolute atomic E-state index is 0.136. The van der Waals surface area contributed by atoms with Crippen molar-refractivity contribution in [1.29, 1.82) is 0 Å². The first-order valence-electron chi connectivity index (χ1n) is 11.1. The number of fused-ring (bicyclic) bond motifs is 1. The second kappa shape index (κ2) is 9.19. The van der Waals surface area contributed by atoms with E-state index in [9.17, 15) is 5.11 Å². The van der Waals surface area contributed by atoms with Gasteiger partial charge >= 0.3 is 0 Å². The molecule has 0 heterocycles. The van der Waals surface area contributed by atoms with Crippen LogP contribution in [0.5, 0.6) is 0 Å². The molecule has 1 aromatic carbocycles. The molecule has 4 rings (SSSR count). The van der Waals surface area contributed by atoms with Gasteiger partial charge in [-0.3, -0.25) is 0 Å². The molecule has 0 amide bonds. The molecule has 28 heavy (non-hydrogen) atoms. The van der Waals surface area contributed by atoms with Crippen molar-refractivity contribution in [2.45, 2.75) is 56.9 Å². The summed E-state index contributed by atoms with van der Waals surface area (Å²) in [5.41, 5.74) is 10.7. The average molecular weight is 398 g/mol. The molecule has 1 unspecified atom stereocenters. The summed E-state index contributed by atoms with van der Waals surface area (Å²) in [6.45, 7) is 0.136. The summed E-state index contributed by atoms with van der Waals surface area (Å²) < 4.78 is 0. The highest BCUT2D eigenvalue weighted by Crippen LogP contribution is 2.44. The van der Waals surface area contributed by atoms with E-state index in [4.69, 9.17) is 5.73 Å². The Hall–Kier alpha value is -1.03. The first-order chi connectivity index (χ1) is 13.6. The molecule has 2 nitrogen and oxygen atoms in total. The number of aliphatic hydroxyl groups is 1. The SMILES string of the molecule is N[C@]1(CO)CC[C@H](C2C=C3CC[C@@H](CSCCc4ccccc4)CC3=CC2)C1. The Balaban J connectivity index is 1.22. The molecule has 3 heteroatoms. The highest BCUT2D eigenvalue weighted by Gasteiger charge is 2.39. The molecule has 3 aliphatic rings. The molecule has 0 radical (unpaired) electrons. The van der Waals surface area contributed by atoms with Crippen molar-refractivity contribution in [3.8, 4) is 0 Å². The number of aryl methyl sites for hydroxylation is 1. The molecule has 0 saturated heterocycles. The molecular weight excluding hydrogens is 362 g/mol. The number of nitrogens with two attached hydrogens (primary N) is 1. The largest absolute Gasteiger partial charge is 0.394 e. The maximum absolute atomic E-state index is 9.56. The zero-order chi connectivity index (χ0) is 19.4. The lowest BCUT2D eigenvalue weighted by Crippen LogP contribution is -2.41. The normalized spacial score (nSPS) is 32.6. The Kier molecular flexibility index (Phi) is 6.65. The molecule has 4 atom stereocenters. The maximum Gasteiger partial charge on any atom is 0.0611 e. The van der Waals surface area contributed by atoms with E-state index >= 15 is 0 Å². The Bertz CT molecular complexity index is 713. The van der Waals surface area contributed by atoms with Gasteiger partial charge in [0.05, 0.1) is 6.61 Å². The van der Waals surface area contributed by atoms with E-state index in [0.717, 1.165) is 18.8 Å². The number of allylic oxidation sites excluding steroid dienone is 4.